The zero-order valence-electron chi connectivity index (χ0n) is 10.1. The highest BCUT2D eigenvalue weighted by Gasteiger charge is 2.07. The number of nitrogen functional groups attached to an aromatic ring is 1. The standard InChI is InChI=1S/C6H8ClN3.C5H3BrO2S/c1-3-5(7)6(8)10-4(2)9-3;6-3-1-2-9-4(3)5(7)8/h1-2H3,(H2,8,9,10);1-2H,(H,7,8). The second-order valence-electron chi connectivity index (χ2n) is 3.46. The zero-order chi connectivity index (χ0) is 14.6. The second-order valence-corrected chi connectivity index (χ2v) is 5.61. The third-order valence-corrected chi connectivity index (χ3v) is 4.26. The van der Waals surface area contributed by atoms with Gasteiger partial charge in [-0.25, -0.2) is 14.8 Å². The maximum absolute atomic E-state index is 10.3. The van der Waals surface area contributed by atoms with Gasteiger partial charge in [0.15, 0.2) is 0 Å². The van der Waals surface area contributed by atoms with Gasteiger partial charge in [0, 0.05) is 4.47 Å². The van der Waals surface area contributed by atoms with Gasteiger partial charge in [-0.2, -0.15) is 0 Å². The van der Waals surface area contributed by atoms with Crippen LogP contribution in [0.15, 0.2) is 15.9 Å². The molecule has 3 N–H and O–H groups in total. The van der Waals surface area contributed by atoms with Crippen LogP contribution in [0.3, 0.4) is 0 Å². The number of carbonyl (C=O) groups is 1. The predicted octanol–water partition coefficient (Wildman–Crippen LogP) is 3.54. The molecule has 0 unspecified atom stereocenters. The highest BCUT2D eigenvalue weighted by molar-refractivity contribution is 9.10. The number of hydrogen-bond acceptors (Lipinski definition) is 5. The third-order valence-electron chi connectivity index (χ3n) is 1.97. The molecule has 0 amide bonds. The van der Waals surface area contributed by atoms with Crippen molar-refractivity contribution in [2.75, 3.05) is 5.73 Å². The normalized spacial score (nSPS) is 9.68. The maximum Gasteiger partial charge on any atom is 0.347 e. The number of thiophene rings is 1. The first-order valence-corrected chi connectivity index (χ1v) is 7.10. The summed E-state index contributed by atoms with van der Waals surface area (Å²) in [6.45, 7) is 3.58. The van der Waals surface area contributed by atoms with E-state index < -0.39 is 5.97 Å². The van der Waals surface area contributed by atoms with Crippen LogP contribution in [-0.4, -0.2) is 21.0 Å². The van der Waals surface area contributed by atoms with Gasteiger partial charge in [0.1, 0.15) is 21.5 Å². The molecule has 0 aliphatic heterocycles. The van der Waals surface area contributed by atoms with Crippen molar-refractivity contribution in [2.24, 2.45) is 0 Å². The van der Waals surface area contributed by atoms with E-state index in [0.29, 0.717) is 26.0 Å². The van der Waals surface area contributed by atoms with Crippen molar-refractivity contribution in [3.63, 3.8) is 0 Å². The molecule has 0 saturated carbocycles. The highest BCUT2D eigenvalue weighted by Crippen LogP contribution is 2.21. The number of carboxylic acid groups (broad SMARTS) is 1. The molecule has 0 radical (unpaired) electrons. The van der Waals surface area contributed by atoms with E-state index in [-0.39, 0.29) is 0 Å². The van der Waals surface area contributed by atoms with Crippen molar-refractivity contribution in [3.8, 4) is 0 Å². The summed E-state index contributed by atoms with van der Waals surface area (Å²) in [6.07, 6.45) is 0. The number of aromatic nitrogens is 2. The lowest BCUT2D eigenvalue weighted by Gasteiger charge is -2.00. The summed E-state index contributed by atoms with van der Waals surface area (Å²) in [6, 6.07) is 1.72. The van der Waals surface area contributed by atoms with Crippen molar-refractivity contribution in [2.45, 2.75) is 13.8 Å². The van der Waals surface area contributed by atoms with Crippen LogP contribution >= 0.6 is 38.9 Å². The third kappa shape index (κ3) is 4.45. The minimum atomic E-state index is -0.878. The van der Waals surface area contributed by atoms with Gasteiger partial charge in [0.25, 0.3) is 0 Å². The number of hydrogen-bond donors (Lipinski definition) is 2. The number of carboxylic acids is 1. The fourth-order valence-corrected chi connectivity index (χ4v) is 2.64. The first-order chi connectivity index (χ1) is 8.82. The van der Waals surface area contributed by atoms with Gasteiger partial charge in [0.05, 0.1) is 5.69 Å². The van der Waals surface area contributed by atoms with Crippen LogP contribution in [0.25, 0.3) is 0 Å². The lowest BCUT2D eigenvalue weighted by Crippen LogP contribution is -1.98. The molecular formula is C11H11BrClN3O2S. The quantitative estimate of drug-likeness (QED) is 0.808. The molecule has 19 heavy (non-hydrogen) atoms. The summed E-state index contributed by atoms with van der Waals surface area (Å²) in [5, 5.41) is 10.6. The molecule has 0 aliphatic carbocycles. The van der Waals surface area contributed by atoms with E-state index in [0.717, 1.165) is 5.69 Å². The maximum atomic E-state index is 10.3. The van der Waals surface area contributed by atoms with Crippen LogP contribution in [-0.2, 0) is 0 Å². The van der Waals surface area contributed by atoms with E-state index in [4.69, 9.17) is 22.4 Å². The molecule has 0 aliphatic rings. The number of nitrogens with zero attached hydrogens (tertiary/aromatic N) is 2. The molecule has 5 nitrogen and oxygen atoms in total. The van der Waals surface area contributed by atoms with E-state index in [1.54, 1.807) is 25.3 Å². The van der Waals surface area contributed by atoms with Gasteiger partial charge in [-0.05, 0) is 41.2 Å². The largest absolute Gasteiger partial charge is 0.477 e. The molecule has 0 aromatic carbocycles. The minimum Gasteiger partial charge on any atom is -0.477 e. The van der Waals surface area contributed by atoms with Crippen molar-refractivity contribution >= 4 is 50.7 Å². The SMILES string of the molecule is Cc1nc(C)c(Cl)c(N)n1.O=C(O)c1sccc1Br. The van der Waals surface area contributed by atoms with Gasteiger partial charge in [-0.1, -0.05) is 11.6 Å². The monoisotopic (exact) mass is 363 g/mol. The molecule has 2 heterocycles. The Morgan fingerprint density at radius 3 is 2.47 bits per heavy atom. The van der Waals surface area contributed by atoms with E-state index >= 15 is 0 Å². The van der Waals surface area contributed by atoms with Gasteiger partial charge in [-0.15, -0.1) is 11.3 Å². The number of halogens is 2. The van der Waals surface area contributed by atoms with Gasteiger partial charge in [-0.3, -0.25) is 0 Å². The number of rotatable bonds is 1. The van der Waals surface area contributed by atoms with Crippen LogP contribution in [0, 0.1) is 13.8 Å². The molecule has 0 spiro atoms. The summed E-state index contributed by atoms with van der Waals surface area (Å²) in [4.78, 5) is 18.5. The molecule has 0 saturated heterocycles. The van der Waals surface area contributed by atoms with E-state index in [2.05, 4.69) is 25.9 Å². The van der Waals surface area contributed by atoms with Crippen molar-refractivity contribution in [1.29, 1.82) is 0 Å². The van der Waals surface area contributed by atoms with Gasteiger partial charge >= 0.3 is 5.97 Å². The van der Waals surface area contributed by atoms with E-state index in [9.17, 15) is 4.79 Å². The molecule has 2 aromatic rings. The Hall–Kier alpha value is -1.18. The summed E-state index contributed by atoms with van der Waals surface area (Å²) < 4.78 is 0.653. The molecule has 2 rings (SSSR count). The van der Waals surface area contributed by atoms with E-state index in [1.807, 2.05) is 0 Å². The average molecular weight is 365 g/mol. The van der Waals surface area contributed by atoms with Crippen molar-refractivity contribution in [1.82, 2.24) is 9.97 Å². The Morgan fingerprint density at radius 2 is 2.11 bits per heavy atom. The van der Waals surface area contributed by atoms with Gasteiger partial charge < -0.3 is 10.8 Å². The smallest absolute Gasteiger partial charge is 0.347 e. The Bertz CT molecular complexity index is 580. The lowest BCUT2D eigenvalue weighted by atomic mass is 10.4. The van der Waals surface area contributed by atoms with Crippen LogP contribution in [0.4, 0.5) is 5.82 Å². The molecule has 102 valence electrons. The summed E-state index contributed by atoms with van der Waals surface area (Å²) in [5.74, 6) is 0.128. The highest BCUT2D eigenvalue weighted by atomic mass is 79.9. The van der Waals surface area contributed by atoms with E-state index in [1.165, 1.54) is 11.3 Å². The minimum absolute atomic E-state index is 0.353. The van der Waals surface area contributed by atoms with Crippen LogP contribution in [0.5, 0.6) is 0 Å². The van der Waals surface area contributed by atoms with Crippen LogP contribution in [0.2, 0.25) is 5.02 Å². The summed E-state index contributed by atoms with van der Waals surface area (Å²) in [5.41, 5.74) is 6.17. The molecule has 8 heteroatoms. The summed E-state index contributed by atoms with van der Waals surface area (Å²) in [7, 11) is 0. The second kappa shape index (κ2) is 6.83. The zero-order valence-corrected chi connectivity index (χ0v) is 13.3. The first-order valence-electron chi connectivity index (χ1n) is 5.05. The van der Waals surface area contributed by atoms with Crippen LogP contribution in [0.1, 0.15) is 21.2 Å². The molecular weight excluding hydrogens is 354 g/mol. The van der Waals surface area contributed by atoms with Crippen LogP contribution < -0.4 is 5.73 Å². The molecule has 2 aromatic heterocycles. The van der Waals surface area contributed by atoms with Gasteiger partial charge in [0.2, 0.25) is 0 Å². The number of aryl methyl sites for hydroxylation is 2. The Labute approximate surface area is 127 Å². The number of anilines is 1. The topological polar surface area (TPSA) is 89.1 Å². The Balaban J connectivity index is 0.000000191. The Kier molecular flexibility index (Phi) is 5.71. The fourth-order valence-electron chi connectivity index (χ4n) is 1.17. The molecule has 0 fully saturated rings. The fraction of sp³-hybridized carbons (Fsp3) is 0.182. The Morgan fingerprint density at radius 1 is 1.47 bits per heavy atom. The number of nitrogens with two attached hydrogens (primary N) is 1. The van der Waals surface area contributed by atoms with Crippen molar-refractivity contribution < 1.29 is 9.90 Å². The number of aromatic carboxylic acids is 1. The average Bonchev–Trinajstić information content (AvgIpc) is 2.73. The predicted molar refractivity (Wildman–Crippen MR) is 79.9 cm³/mol. The van der Waals surface area contributed by atoms with Crippen molar-refractivity contribution in [3.05, 3.63) is 37.3 Å². The first kappa shape index (κ1) is 15.9. The molecule has 0 bridgehead atoms. The summed E-state index contributed by atoms with van der Waals surface area (Å²) >= 11 is 10.0. The lowest BCUT2D eigenvalue weighted by molar-refractivity contribution is 0.0701. The molecule has 0 atom stereocenters.